The number of benzene rings is 1. The van der Waals surface area contributed by atoms with Crippen molar-refractivity contribution in [2.24, 2.45) is 0 Å². The Hall–Kier alpha value is -1.35. The predicted molar refractivity (Wildman–Crippen MR) is 56.8 cm³/mol. The quantitative estimate of drug-likeness (QED) is 0.740. The van der Waals surface area contributed by atoms with Crippen molar-refractivity contribution in [3.63, 3.8) is 0 Å². The first-order valence-electron chi connectivity index (χ1n) is 5.10. The Morgan fingerprint density at radius 2 is 2.00 bits per heavy atom. The topological polar surface area (TPSA) is 29.5 Å². The van der Waals surface area contributed by atoms with E-state index < -0.39 is 0 Å². The smallest absolute Gasteiger partial charge is 0.249 e. The number of nitrogens with zero attached hydrogens (tertiary/aromatic N) is 1. The second kappa shape index (κ2) is 3.66. The molecule has 1 amide bonds. The van der Waals surface area contributed by atoms with Crippen molar-refractivity contribution in [1.82, 2.24) is 5.06 Å². The number of hydroxylamine groups is 2. The molecule has 0 aliphatic carbocycles. The van der Waals surface area contributed by atoms with E-state index in [0.717, 1.165) is 5.56 Å². The lowest BCUT2D eigenvalue weighted by Gasteiger charge is -2.19. The molecule has 15 heavy (non-hydrogen) atoms. The first kappa shape index (κ1) is 10.2. The molecule has 1 heterocycles. The van der Waals surface area contributed by atoms with Gasteiger partial charge in [0, 0.05) is 0 Å². The zero-order chi connectivity index (χ0) is 10.9. The largest absolute Gasteiger partial charge is 0.272 e. The van der Waals surface area contributed by atoms with Crippen molar-refractivity contribution in [2.75, 3.05) is 0 Å². The third-order valence-corrected chi connectivity index (χ3v) is 2.38. The molecule has 1 fully saturated rings. The van der Waals surface area contributed by atoms with Crippen LogP contribution in [0.1, 0.15) is 25.8 Å². The minimum absolute atomic E-state index is 0.0591. The van der Waals surface area contributed by atoms with Crippen LogP contribution in [0.2, 0.25) is 0 Å². The Labute approximate surface area is 89.6 Å². The summed E-state index contributed by atoms with van der Waals surface area (Å²) in [6, 6.07) is 9.85. The molecule has 1 saturated heterocycles. The molecule has 0 bridgehead atoms. The third-order valence-electron chi connectivity index (χ3n) is 2.38. The summed E-state index contributed by atoms with van der Waals surface area (Å²) in [7, 11) is 0. The fraction of sp³-hybridized carbons (Fsp3) is 0.417. The van der Waals surface area contributed by atoms with E-state index in [1.165, 1.54) is 5.06 Å². The standard InChI is InChI=1S/C12H15NO2/c1-12(2)8-11(14)13(15-12)9-10-6-4-3-5-7-10/h3-7H,8-9H2,1-2H3. The van der Waals surface area contributed by atoms with E-state index in [1.54, 1.807) is 0 Å². The van der Waals surface area contributed by atoms with Crippen molar-refractivity contribution < 1.29 is 9.63 Å². The lowest BCUT2D eigenvalue weighted by atomic mass is 10.1. The van der Waals surface area contributed by atoms with Gasteiger partial charge in [0.25, 0.3) is 0 Å². The van der Waals surface area contributed by atoms with Crippen LogP contribution < -0.4 is 0 Å². The van der Waals surface area contributed by atoms with Gasteiger partial charge in [0.2, 0.25) is 5.91 Å². The Bertz CT molecular complexity index is 359. The van der Waals surface area contributed by atoms with Gasteiger partial charge in [-0.3, -0.25) is 9.63 Å². The van der Waals surface area contributed by atoms with E-state index >= 15 is 0 Å². The Morgan fingerprint density at radius 1 is 1.33 bits per heavy atom. The maximum atomic E-state index is 11.6. The highest BCUT2D eigenvalue weighted by atomic mass is 16.7. The summed E-state index contributed by atoms with van der Waals surface area (Å²) >= 11 is 0. The molecule has 3 nitrogen and oxygen atoms in total. The molecule has 80 valence electrons. The van der Waals surface area contributed by atoms with Crippen molar-refractivity contribution in [1.29, 1.82) is 0 Å². The highest BCUT2D eigenvalue weighted by molar-refractivity contribution is 5.77. The van der Waals surface area contributed by atoms with Gasteiger partial charge in [-0.25, -0.2) is 5.06 Å². The summed E-state index contributed by atoms with van der Waals surface area (Å²) in [4.78, 5) is 17.1. The van der Waals surface area contributed by atoms with Crippen molar-refractivity contribution in [3.8, 4) is 0 Å². The molecule has 0 radical (unpaired) electrons. The van der Waals surface area contributed by atoms with Crippen LogP contribution in [0.5, 0.6) is 0 Å². The van der Waals surface area contributed by atoms with Gasteiger partial charge in [-0.1, -0.05) is 30.3 Å². The molecular formula is C12H15NO2. The number of rotatable bonds is 2. The fourth-order valence-corrected chi connectivity index (χ4v) is 1.70. The first-order chi connectivity index (χ1) is 7.07. The molecule has 3 heteroatoms. The second-order valence-electron chi connectivity index (χ2n) is 4.44. The molecule has 0 atom stereocenters. The van der Waals surface area contributed by atoms with Crippen LogP contribution in [-0.2, 0) is 16.2 Å². The van der Waals surface area contributed by atoms with Crippen molar-refractivity contribution in [3.05, 3.63) is 35.9 Å². The molecule has 0 aromatic heterocycles. The van der Waals surface area contributed by atoms with Crippen LogP contribution in [-0.4, -0.2) is 16.6 Å². The monoisotopic (exact) mass is 205 g/mol. The van der Waals surface area contributed by atoms with Crippen LogP contribution in [0.4, 0.5) is 0 Å². The molecule has 1 aliphatic heterocycles. The van der Waals surface area contributed by atoms with Gasteiger partial charge in [0.05, 0.1) is 18.6 Å². The molecule has 1 aliphatic rings. The van der Waals surface area contributed by atoms with Crippen molar-refractivity contribution in [2.45, 2.75) is 32.4 Å². The van der Waals surface area contributed by atoms with Gasteiger partial charge >= 0.3 is 0 Å². The average Bonchev–Trinajstić information content (AvgIpc) is 2.41. The van der Waals surface area contributed by atoms with Gasteiger partial charge in [-0.15, -0.1) is 0 Å². The van der Waals surface area contributed by atoms with Gasteiger partial charge < -0.3 is 0 Å². The SMILES string of the molecule is CC1(C)CC(=O)N(Cc2ccccc2)O1. The maximum Gasteiger partial charge on any atom is 0.249 e. The van der Waals surface area contributed by atoms with Crippen LogP contribution in [0, 0.1) is 0 Å². The number of amides is 1. The zero-order valence-corrected chi connectivity index (χ0v) is 9.06. The lowest BCUT2D eigenvalue weighted by molar-refractivity contribution is -0.195. The fourth-order valence-electron chi connectivity index (χ4n) is 1.70. The molecular weight excluding hydrogens is 190 g/mol. The maximum absolute atomic E-state index is 11.6. The lowest BCUT2D eigenvalue weighted by Crippen LogP contribution is -2.25. The third kappa shape index (κ3) is 2.36. The summed E-state index contributed by atoms with van der Waals surface area (Å²) in [5.41, 5.74) is 0.731. The molecule has 1 aromatic carbocycles. The van der Waals surface area contributed by atoms with E-state index in [2.05, 4.69) is 0 Å². The summed E-state index contributed by atoms with van der Waals surface area (Å²) in [6.07, 6.45) is 0.458. The van der Waals surface area contributed by atoms with E-state index in [4.69, 9.17) is 4.84 Å². The van der Waals surface area contributed by atoms with E-state index in [9.17, 15) is 4.79 Å². The molecule has 0 unspecified atom stereocenters. The summed E-state index contributed by atoms with van der Waals surface area (Å²) in [5.74, 6) is 0.0591. The van der Waals surface area contributed by atoms with Gasteiger partial charge in [0.1, 0.15) is 0 Å². The van der Waals surface area contributed by atoms with Crippen LogP contribution >= 0.6 is 0 Å². The van der Waals surface area contributed by atoms with Gasteiger partial charge in [-0.05, 0) is 19.4 Å². The molecule has 2 rings (SSSR count). The summed E-state index contributed by atoms with van der Waals surface area (Å²) in [5, 5.41) is 1.45. The van der Waals surface area contributed by atoms with E-state index in [0.29, 0.717) is 13.0 Å². The highest BCUT2D eigenvalue weighted by Crippen LogP contribution is 2.26. The van der Waals surface area contributed by atoms with E-state index in [-0.39, 0.29) is 11.5 Å². The van der Waals surface area contributed by atoms with Crippen LogP contribution in [0.3, 0.4) is 0 Å². The Balaban J connectivity index is 2.05. The van der Waals surface area contributed by atoms with Crippen LogP contribution in [0.15, 0.2) is 30.3 Å². The molecule has 0 N–H and O–H groups in total. The number of hydrogen-bond acceptors (Lipinski definition) is 2. The Morgan fingerprint density at radius 3 is 2.53 bits per heavy atom. The van der Waals surface area contributed by atoms with Crippen LogP contribution in [0.25, 0.3) is 0 Å². The second-order valence-corrected chi connectivity index (χ2v) is 4.44. The molecule has 0 saturated carbocycles. The highest BCUT2D eigenvalue weighted by Gasteiger charge is 2.37. The van der Waals surface area contributed by atoms with Gasteiger partial charge in [-0.2, -0.15) is 0 Å². The summed E-state index contributed by atoms with van der Waals surface area (Å²) < 4.78 is 0. The minimum Gasteiger partial charge on any atom is -0.272 e. The molecule has 0 spiro atoms. The normalized spacial score (nSPS) is 19.6. The number of carbonyl (C=O) groups is 1. The Kier molecular flexibility index (Phi) is 2.49. The summed E-state index contributed by atoms with van der Waals surface area (Å²) in [6.45, 7) is 4.38. The first-order valence-corrected chi connectivity index (χ1v) is 5.10. The van der Waals surface area contributed by atoms with E-state index in [1.807, 2.05) is 44.2 Å². The predicted octanol–water partition coefficient (Wildman–Crippen LogP) is 2.13. The van der Waals surface area contributed by atoms with Crippen molar-refractivity contribution >= 4 is 5.91 Å². The van der Waals surface area contributed by atoms with Gasteiger partial charge in [0.15, 0.2) is 0 Å². The average molecular weight is 205 g/mol. The molecule has 1 aromatic rings. The zero-order valence-electron chi connectivity index (χ0n) is 9.06. The minimum atomic E-state index is -0.355. The number of hydrogen-bond donors (Lipinski definition) is 0. The number of carbonyl (C=O) groups excluding carboxylic acids is 1.